The molecule has 0 saturated carbocycles. The zero-order chi connectivity index (χ0) is 17.1. The third-order valence-corrected chi connectivity index (χ3v) is 6.88. The summed E-state index contributed by atoms with van der Waals surface area (Å²) >= 11 is 2.09. The van der Waals surface area contributed by atoms with Crippen molar-refractivity contribution in [2.75, 3.05) is 31.2 Å². The van der Waals surface area contributed by atoms with Crippen molar-refractivity contribution in [1.82, 2.24) is 10.2 Å². The highest BCUT2D eigenvalue weighted by atomic mass is 32.2. The fraction of sp³-hybridized carbons (Fsp3) is 0.650. The molecule has 3 heterocycles. The van der Waals surface area contributed by atoms with Crippen LogP contribution >= 0.6 is 11.8 Å². The first-order valence-corrected chi connectivity index (χ1v) is 10.8. The molecular weight excluding hydrogens is 332 g/mol. The third kappa shape index (κ3) is 4.14. The van der Waals surface area contributed by atoms with Crippen LogP contribution < -0.4 is 10.1 Å². The van der Waals surface area contributed by atoms with Gasteiger partial charge in [0.2, 0.25) is 5.91 Å². The van der Waals surface area contributed by atoms with E-state index in [9.17, 15) is 4.79 Å². The lowest BCUT2D eigenvalue weighted by atomic mass is 9.94. The molecule has 1 aromatic carbocycles. The van der Waals surface area contributed by atoms with Crippen molar-refractivity contribution >= 4 is 17.7 Å². The maximum Gasteiger partial charge on any atom is 0.227 e. The Morgan fingerprint density at radius 1 is 1.12 bits per heavy atom. The van der Waals surface area contributed by atoms with Crippen LogP contribution in [0.3, 0.4) is 0 Å². The van der Waals surface area contributed by atoms with Gasteiger partial charge in [-0.15, -0.1) is 0 Å². The van der Waals surface area contributed by atoms with Gasteiger partial charge in [-0.25, -0.2) is 0 Å². The van der Waals surface area contributed by atoms with Crippen molar-refractivity contribution in [3.05, 3.63) is 29.8 Å². The van der Waals surface area contributed by atoms with Gasteiger partial charge in [-0.1, -0.05) is 18.2 Å². The Hall–Kier alpha value is -1.20. The summed E-state index contributed by atoms with van der Waals surface area (Å²) < 4.78 is 5.77. The van der Waals surface area contributed by atoms with Crippen molar-refractivity contribution in [3.8, 4) is 5.75 Å². The number of hydrogen-bond acceptors (Lipinski definition) is 4. The zero-order valence-corrected chi connectivity index (χ0v) is 15.6. The molecule has 1 amide bonds. The van der Waals surface area contributed by atoms with Crippen LogP contribution in [0.4, 0.5) is 0 Å². The summed E-state index contributed by atoms with van der Waals surface area (Å²) in [6.45, 7) is 2.76. The summed E-state index contributed by atoms with van der Waals surface area (Å²) in [4.78, 5) is 15.3. The molecule has 4 rings (SSSR count). The van der Waals surface area contributed by atoms with E-state index in [0.717, 1.165) is 49.7 Å². The van der Waals surface area contributed by atoms with E-state index in [1.165, 1.54) is 24.3 Å². The number of benzene rings is 1. The summed E-state index contributed by atoms with van der Waals surface area (Å²) in [5, 5.41) is 3.29. The van der Waals surface area contributed by atoms with Crippen molar-refractivity contribution in [3.63, 3.8) is 0 Å². The molecule has 0 radical (unpaired) electrons. The zero-order valence-electron chi connectivity index (χ0n) is 14.8. The SMILES string of the molecule is O=C(NC1CCN(C2CCSCC2)CC1)C1COc2ccccc2C1. The molecule has 0 aliphatic carbocycles. The van der Waals surface area contributed by atoms with Gasteiger partial charge in [0, 0.05) is 25.2 Å². The minimum atomic E-state index is -0.0525. The smallest absolute Gasteiger partial charge is 0.227 e. The van der Waals surface area contributed by atoms with Crippen LogP contribution in [0, 0.1) is 5.92 Å². The van der Waals surface area contributed by atoms with Crippen LogP contribution in [-0.2, 0) is 11.2 Å². The fourth-order valence-corrected chi connectivity index (χ4v) is 5.36. The predicted octanol–water partition coefficient (Wildman–Crippen LogP) is 2.71. The molecule has 1 N–H and O–H groups in total. The van der Waals surface area contributed by atoms with Gasteiger partial charge in [0.15, 0.2) is 0 Å². The first-order valence-electron chi connectivity index (χ1n) is 9.62. The average molecular weight is 361 g/mol. The second-order valence-electron chi connectivity index (χ2n) is 7.48. The Morgan fingerprint density at radius 3 is 2.68 bits per heavy atom. The lowest BCUT2D eigenvalue weighted by Gasteiger charge is -2.39. The number of fused-ring (bicyclic) bond motifs is 1. The molecule has 1 unspecified atom stereocenters. The summed E-state index contributed by atoms with van der Waals surface area (Å²) in [6.07, 6.45) is 5.63. The monoisotopic (exact) mass is 360 g/mol. The highest BCUT2D eigenvalue weighted by Gasteiger charge is 2.30. The molecule has 25 heavy (non-hydrogen) atoms. The van der Waals surface area contributed by atoms with E-state index in [1.54, 1.807) is 0 Å². The van der Waals surface area contributed by atoms with Gasteiger partial charge in [0.1, 0.15) is 12.4 Å². The first-order chi connectivity index (χ1) is 12.3. The van der Waals surface area contributed by atoms with Gasteiger partial charge in [0.05, 0.1) is 5.92 Å². The second-order valence-corrected chi connectivity index (χ2v) is 8.71. The van der Waals surface area contributed by atoms with Crippen LogP contribution in [0.15, 0.2) is 24.3 Å². The average Bonchev–Trinajstić information content (AvgIpc) is 2.69. The molecule has 4 nitrogen and oxygen atoms in total. The number of para-hydroxylation sites is 1. The van der Waals surface area contributed by atoms with E-state index in [1.807, 2.05) is 18.2 Å². The third-order valence-electron chi connectivity index (χ3n) is 5.83. The minimum absolute atomic E-state index is 0.0525. The lowest BCUT2D eigenvalue weighted by molar-refractivity contribution is -0.127. The maximum atomic E-state index is 12.7. The molecule has 2 fully saturated rings. The molecule has 3 aliphatic heterocycles. The molecule has 0 bridgehead atoms. The maximum absolute atomic E-state index is 12.7. The highest BCUT2D eigenvalue weighted by molar-refractivity contribution is 7.99. The van der Waals surface area contributed by atoms with Crippen molar-refractivity contribution in [1.29, 1.82) is 0 Å². The predicted molar refractivity (Wildman–Crippen MR) is 102 cm³/mol. The summed E-state index contributed by atoms with van der Waals surface area (Å²) in [5.41, 5.74) is 1.15. The highest BCUT2D eigenvalue weighted by Crippen LogP contribution is 2.28. The number of likely N-dealkylation sites (tertiary alicyclic amines) is 1. The molecule has 0 spiro atoms. The van der Waals surface area contributed by atoms with E-state index in [4.69, 9.17) is 4.74 Å². The second kappa shape index (κ2) is 8.00. The Kier molecular flexibility index (Phi) is 5.51. The normalized spacial score (nSPS) is 25.8. The number of carbonyl (C=O) groups excluding carboxylic acids is 1. The summed E-state index contributed by atoms with van der Waals surface area (Å²) in [6, 6.07) is 9.17. The number of thioether (sulfide) groups is 1. The van der Waals surface area contributed by atoms with Gasteiger partial charge in [0.25, 0.3) is 0 Å². The van der Waals surface area contributed by atoms with E-state index in [-0.39, 0.29) is 11.8 Å². The van der Waals surface area contributed by atoms with Crippen molar-refractivity contribution < 1.29 is 9.53 Å². The number of carbonyl (C=O) groups is 1. The Balaban J connectivity index is 1.25. The Labute approximate surface area is 154 Å². The van der Waals surface area contributed by atoms with Gasteiger partial charge in [-0.3, -0.25) is 4.79 Å². The van der Waals surface area contributed by atoms with E-state index < -0.39 is 0 Å². The van der Waals surface area contributed by atoms with Crippen molar-refractivity contribution in [2.45, 2.75) is 44.2 Å². The van der Waals surface area contributed by atoms with Gasteiger partial charge in [-0.2, -0.15) is 11.8 Å². The fourth-order valence-electron chi connectivity index (χ4n) is 4.27. The molecule has 5 heteroatoms. The standard InChI is InChI=1S/C20H28N2O2S/c23-20(16-13-15-3-1-2-4-19(15)24-14-16)21-17-5-9-22(10-6-17)18-7-11-25-12-8-18/h1-4,16-18H,5-14H2,(H,21,23). The molecule has 3 aliphatic rings. The molecule has 1 atom stereocenters. The molecule has 2 saturated heterocycles. The molecular formula is C20H28N2O2S. The number of piperidine rings is 1. The number of nitrogens with zero attached hydrogens (tertiary/aromatic N) is 1. The topological polar surface area (TPSA) is 41.6 Å². The Morgan fingerprint density at radius 2 is 1.88 bits per heavy atom. The van der Waals surface area contributed by atoms with Crippen molar-refractivity contribution in [2.24, 2.45) is 5.92 Å². The van der Waals surface area contributed by atoms with Gasteiger partial charge < -0.3 is 15.0 Å². The lowest BCUT2D eigenvalue weighted by Crippen LogP contribution is -2.50. The number of nitrogens with one attached hydrogen (secondary N) is 1. The quantitative estimate of drug-likeness (QED) is 0.900. The van der Waals surface area contributed by atoms with Crippen LogP contribution in [0.2, 0.25) is 0 Å². The van der Waals surface area contributed by atoms with Crippen LogP contribution in [0.1, 0.15) is 31.2 Å². The summed E-state index contributed by atoms with van der Waals surface area (Å²) in [5.74, 6) is 3.67. The van der Waals surface area contributed by atoms with Crippen LogP contribution in [0.25, 0.3) is 0 Å². The van der Waals surface area contributed by atoms with Crippen LogP contribution in [0.5, 0.6) is 5.75 Å². The molecule has 1 aromatic rings. The Bertz CT molecular complexity index is 595. The largest absolute Gasteiger partial charge is 0.492 e. The van der Waals surface area contributed by atoms with E-state index >= 15 is 0 Å². The van der Waals surface area contributed by atoms with E-state index in [2.05, 4.69) is 28.0 Å². The number of amides is 1. The molecule has 0 aromatic heterocycles. The van der Waals surface area contributed by atoms with Gasteiger partial charge in [-0.05, 0) is 55.2 Å². The number of ether oxygens (including phenoxy) is 1. The van der Waals surface area contributed by atoms with Gasteiger partial charge >= 0.3 is 0 Å². The molecule has 136 valence electrons. The summed E-state index contributed by atoms with van der Waals surface area (Å²) in [7, 11) is 0. The number of rotatable bonds is 3. The first kappa shape index (κ1) is 17.2. The van der Waals surface area contributed by atoms with E-state index in [0.29, 0.717) is 12.6 Å². The van der Waals surface area contributed by atoms with Crippen LogP contribution in [-0.4, -0.2) is 54.1 Å². The minimum Gasteiger partial charge on any atom is -0.492 e. The number of hydrogen-bond donors (Lipinski definition) is 1.